The SMILES string of the molecule is CCc1nnc2sccc2c1CC. The summed E-state index contributed by atoms with van der Waals surface area (Å²) >= 11 is 1.66. The maximum absolute atomic E-state index is 4.23. The number of hydrogen-bond donors (Lipinski definition) is 0. The molecule has 0 atom stereocenters. The monoisotopic (exact) mass is 192 g/mol. The third-order valence-electron chi connectivity index (χ3n) is 2.27. The van der Waals surface area contributed by atoms with Gasteiger partial charge < -0.3 is 0 Å². The van der Waals surface area contributed by atoms with Crippen molar-refractivity contribution >= 4 is 21.6 Å². The largest absolute Gasteiger partial charge is 0.154 e. The Kier molecular flexibility index (Phi) is 2.27. The molecule has 2 heterocycles. The molecule has 3 heteroatoms. The van der Waals surface area contributed by atoms with Gasteiger partial charge in [-0.3, -0.25) is 0 Å². The van der Waals surface area contributed by atoms with E-state index < -0.39 is 0 Å². The molecule has 0 aliphatic carbocycles. The van der Waals surface area contributed by atoms with Crippen molar-refractivity contribution in [2.45, 2.75) is 26.7 Å². The van der Waals surface area contributed by atoms with Crippen LogP contribution in [0.3, 0.4) is 0 Å². The van der Waals surface area contributed by atoms with Crippen LogP contribution in [0.5, 0.6) is 0 Å². The molecule has 0 aromatic carbocycles. The molecule has 2 aromatic heterocycles. The van der Waals surface area contributed by atoms with E-state index in [0.29, 0.717) is 0 Å². The van der Waals surface area contributed by atoms with Gasteiger partial charge in [0.05, 0.1) is 5.69 Å². The maximum Gasteiger partial charge on any atom is 0.146 e. The van der Waals surface area contributed by atoms with Crippen molar-refractivity contribution in [1.29, 1.82) is 0 Å². The quantitative estimate of drug-likeness (QED) is 0.731. The molecule has 0 fully saturated rings. The Morgan fingerprint density at radius 3 is 2.77 bits per heavy atom. The van der Waals surface area contributed by atoms with Crippen molar-refractivity contribution in [2.75, 3.05) is 0 Å². The lowest BCUT2D eigenvalue weighted by Crippen LogP contribution is -1.97. The first-order chi connectivity index (χ1) is 6.36. The predicted octanol–water partition coefficient (Wildman–Crippen LogP) is 2.82. The molecule has 0 spiro atoms. The van der Waals surface area contributed by atoms with Gasteiger partial charge in [-0.15, -0.1) is 16.4 Å². The van der Waals surface area contributed by atoms with E-state index >= 15 is 0 Å². The fourth-order valence-corrected chi connectivity index (χ4v) is 2.35. The van der Waals surface area contributed by atoms with Gasteiger partial charge in [0.15, 0.2) is 0 Å². The van der Waals surface area contributed by atoms with Crippen molar-refractivity contribution in [3.8, 4) is 0 Å². The Hall–Kier alpha value is -0.960. The second kappa shape index (κ2) is 3.42. The van der Waals surface area contributed by atoms with Gasteiger partial charge in [-0.05, 0) is 29.9 Å². The van der Waals surface area contributed by atoms with Crippen molar-refractivity contribution in [3.63, 3.8) is 0 Å². The summed E-state index contributed by atoms with van der Waals surface area (Å²) in [6, 6.07) is 2.15. The zero-order valence-corrected chi connectivity index (χ0v) is 8.69. The van der Waals surface area contributed by atoms with Crippen LogP contribution in [-0.4, -0.2) is 10.2 Å². The Balaban J connectivity index is 2.74. The summed E-state index contributed by atoms with van der Waals surface area (Å²) < 4.78 is 0. The third-order valence-corrected chi connectivity index (χ3v) is 3.07. The fourth-order valence-electron chi connectivity index (χ4n) is 1.61. The second-order valence-corrected chi connectivity index (χ2v) is 3.87. The molecule has 0 aliphatic rings. The first-order valence-corrected chi connectivity index (χ1v) is 5.46. The Bertz CT molecular complexity index is 420. The molecule has 68 valence electrons. The molecule has 0 bridgehead atoms. The average molecular weight is 192 g/mol. The highest BCUT2D eigenvalue weighted by molar-refractivity contribution is 7.16. The smallest absolute Gasteiger partial charge is 0.146 e. The van der Waals surface area contributed by atoms with E-state index in [2.05, 4.69) is 35.5 Å². The maximum atomic E-state index is 4.23. The average Bonchev–Trinajstić information content (AvgIpc) is 2.63. The lowest BCUT2D eigenvalue weighted by Gasteiger charge is -2.03. The number of rotatable bonds is 2. The molecule has 0 unspecified atom stereocenters. The van der Waals surface area contributed by atoms with E-state index in [9.17, 15) is 0 Å². The molecular weight excluding hydrogens is 180 g/mol. The lowest BCUT2D eigenvalue weighted by molar-refractivity contribution is 0.909. The minimum Gasteiger partial charge on any atom is -0.154 e. The summed E-state index contributed by atoms with van der Waals surface area (Å²) in [6.07, 6.45) is 2.02. The normalized spacial score (nSPS) is 10.9. The van der Waals surface area contributed by atoms with Crippen LogP contribution in [0.4, 0.5) is 0 Å². The molecule has 0 N–H and O–H groups in total. The van der Waals surface area contributed by atoms with Crippen LogP contribution in [0, 0.1) is 0 Å². The highest BCUT2D eigenvalue weighted by Gasteiger charge is 2.07. The number of nitrogens with zero attached hydrogens (tertiary/aromatic N) is 2. The molecule has 0 saturated heterocycles. The van der Waals surface area contributed by atoms with E-state index in [1.807, 2.05) is 0 Å². The van der Waals surface area contributed by atoms with Crippen molar-refractivity contribution in [1.82, 2.24) is 10.2 Å². The van der Waals surface area contributed by atoms with Crippen LogP contribution in [-0.2, 0) is 12.8 Å². The van der Waals surface area contributed by atoms with Crippen LogP contribution in [0.15, 0.2) is 11.4 Å². The zero-order chi connectivity index (χ0) is 9.26. The zero-order valence-electron chi connectivity index (χ0n) is 7.87. The van der Waals surface area contributed by atoms with Gasteiger partial charge in [0, 0.05) is 5.39 Å². The molecular formula is C10H12N2S. The summed E-state index contributed by atoms with van der Waals surface area (Å²) in [5.74, 6) is 0. The van der Waals surface area contributed by atoms with Crippen LogP contribution in [0.25, 0.3) is 10.2 Å². The van der Waals surface area contributed by atoms with Gasteiger partial charge in [-0.2, -0.15) is 5.10 Å². The first kappa shape index (κ1) is 8.63. The lowest BCUT2D eigenvalue weighted by atomic mass is 10.1. The van der Waals surface area contributed by atoms with E-state index in [1.165, 1.54) is 10.9 Å². The Morgan fingerprint density at radius 1 is 1.23 bits per heavy atom. The second-order valence-electron chi connectivity index (χ2n) is 2.97. The topological polar surface area (TPSA) is 25.8 Å². The molecule has 2 rings (SSSR count). The van der Waals surface area contributed by atoms with Crippen LogP contribution >= 0.6 is 11.3 Å². The van der Waals surface area contributed by atoms with Gasteiger partial charge in [0.1, 0.15) is 4.83 Å². The molecule has 2 aromatic rings. The standard InChI is InChI=1S/C10H12N2S/c1-3-7-8-5-6-13-10(8)12-11-9(7)4-2/h5-6H,3-4H2,1-2H3. The van der Waals surface area contributed by atoms with Crippen LogP contribution in [0.1, 0.15) is 25.1 Å². The van der Waals surface area contributed by atoms with Crippen molar-refractivity contribution < 1.29 is 0 Å². The van der Waals surface area contributed by atoms with Crippen molar-refractivity contribution in [3.05, 3.63) is 22.7 Å². The Labute approximate surface area is 81.6 Å². The predicted molar refractivity (Wildman–Crippen MR) is 56.2 cm³/mol. The molecule has 0 aliphatic heterocycles. The van der Waals surface area contributed by atoms with Crippen LogP contribution < -0.4 is 0 Å². The number of aromatic nitrogens is 2. The van der Waals surface area contributed by atoms with Gasteiger partial charge in [-0.1, -0.05) is 13.8 Å². The first-order valence-electron chi connectivity index (χ1n) is 4.58. The van der Waals surface area contributed by atoms with Gasteiger partial charge in [0.25, 0.3) is 0 Å². The summed E-state index contributed by atoms with van der Waals surface area (Å²) in [5, 5.41) is 11.8. The van der Waals surface area contributed by atoms with E-state index in [-0.39, 0.29) is 0 Å². The molecule has 0 radical (unpaired) electrons. The van der Waals surface area contributed by atoms with Crippen molar-refractivity contribution in [2.24, 2.45) is 0 Å². The highest BCUT2D eigenvalue weighted by Crippen LogP contribution is 2.23. The summed E-state index contributed by atoms with van der Waals surface area (Å²) in [6.45, 7) is 4.30. The molecule has 0 amide bonds. The summed E-state index contributed by atoms with van der Waals surface area (Å²) in [5.41, 5.74) is 2.52. The van der Waals surface area contributed by atoms with E-state index in [1.54, 1.807) is 11.3 Å². The molecule has 13 heavy (non-hydrogen) atoms. The summed E-state index contributed by atoms with van der Waals surface area (Å²) in [4.78, 5) is 1.06. The van der Waals surface area contributed by atoms with Gasteiger partial charge in [-0.25, -0.2) is 0 Å². The number of aryl methyl sites for hydroxylation is 2. The minimum absolute atomic E-state index is 0.974. The fraction of sp³-hybridized carbons (Fsp3) is 0.400. The van der Waals surface area contributed by atoms with E-state index in [0.717, 1.165) is 23.4 Å². The highest BCUT2D eigenvalue weighted by atomic mass is 32.1. The van der Waals surface area contributed by atoms with E-state index in [4.69, 9.17) is 0 Å². The number of thiophene rings is 1. The minimum atomic E-state index is 0.974. The van der Waals surface area contributed by atoms with Gasteiger partial charge >= 0.3 is 0 Å². The summed E-state index contributed by atoms with van der Waals surface area (Å²) in [7, 11) is 0. The number of hydrogen-bond acceptors (Lipinski definition) is 3. The Morgan fingerprint density at radius 2 is 2.08 bits per heavy atom. The molecule has 0 saturated carbocycles. The van der Waals surface area contributed by atoms with Gasteiger partial charge in [0.2, 0.25) is 0 Å². The number of fused-ring (bicyclic) bond motifs is 1. The molecule has 2 nitrogen and oxygen atoms in total. The third kappa shape index (κ3) is 1.33. The van der Waals surface area contributed by atoms with Crippen LogP contribution in [0.2, 0.25) is 0 Å².